The predicted molar refractivity (Wildman–Crippen MR) is 37.2 cm³/mol. The molecular formula is C8H11NO. The lowest BCUT2D eigenvalue weighted by Crippen LogP contribution is -2.04. The molecule has 1 fully saturated rings. The smallest absolute Gasteiger partial charge is 0.130 e. The first-order valence-corrected chi connectivity index (χ1v) is 3.55. The number of ketones is 1. The Kier molecular flexibility index (Phi) is 1.76. The Morgan fingerprint density at radius 3 is 2.60 bits per heavy atom. The van der Waals surface area contributed by atoms with E-state index in [-0.39, 0.29) is 11.2 Å². The van der Waals surface area contributed by atoms with E-state index in [0.717, 1.165) is 12.8 Å². The second-order valence-corrected chi connectivity index (χ2v) is 3.21. The van der Waals surface area contributed by atoms with E-state index in [2.05, 4.69) is 6.07 Å². The highest BCUT2D eigenvalue weighted by Gasteiger charge is 2.42. The Labute approximate surface area is 60.8 Å². The average Bonchev–Trinajstić information content (AvgIpc) is 2.47. The Morgan fingerprint density at radius 1 is 1.70 bits per heavy atom. The fourth-order valence-corrected chi connectivity index (χ4v) is 1.29. The van der Waals surface area contributed by atoms with Gasteiger partial charge in [0, 0.05) is 12.8 Å². The zero-order valence-corrected chi connectivity index (χ0v) is 6.18. The highest BCUT2D eigenvalue weighted by Crippen LogP contribution is 2.51. The number of rotatable bonds is 3. The quantitative estimate of drug-likeness (QED) is 0.593. The third-order valence-electron chi connectivity index (χ3n) is 2.04. The van der Waals surface area contributed by atoms with Gasteiger partial charge in [-0.25, -0.2) is 0 Å². The lowest BCUT2D eigenvalue weighted by Gasteiger charge is -2.05. The monoisotopic (exact) mass is 137 g/mol. The van der Waals surface area contributed by atoms with Gasteiger partial charge in [-0.2, -0.15) is 5.26 Å². The largest absolute Gasteiger partial charge is 0.300 e. The van der Waals surface area contributed by atoms with Crippen LogP contribution in [-0.2, 0) is 4.79 Å². The average molecular weight is 137 g/mol. The highest BCUT2D eigenvalue weighted by atomic mass is 16.1. The molecule has 0 aromatic rings. The molecule has 10 heavy (non-hydrogen) atoms. The zero-order chi connectivity index (χ0) is 7.61. The summed E-state index contributed by atoms with van der Waals surface area (Å²) in [6, 6.07) is 2.12. The Morgan fingerprint density at radius 2 is 2.30 bits per heavy atom. The molecule has 0 heterocycles. The van der Waals surface area contributed by atoms with Gasteiger partial charge in [-0.15, -0.1) is 0 Å². The van der Waals surface area contributed by atoms with Crippen molar-refractivity contribution in [2.24, 2.45) is 5.41 Å². The van der Waals surface area contributed by atoms with Gasteiger partial charge >= 0.3 is 0 Å². The highest BCUT2D eigenvalue weighted by molar-refractivity contribution is 5.76. The fourth-order valence-electron chi connectivity index (χ4n) is 1.29. The van der Waals surface area contributed by atoms with Crippen molar-refractivity contribution in [2.45, 2.75) is 32.6 Å². The van der Waals surface area contributed by atoms with Gasteiger partial charge in [-0.3, -0.25) is 0 Å². The maximum absolute atomic E-state index is 10.7. The van der Waals surface area contributed by atoms with Crippen LogP contribution in [0.1, 0.15) is 32.6 Å². The summed E-state index contributed by atoms with van der Waals surface area (Å²) in [5.74, 6) is 0.216. The van der Waals surface area contributed by atoms with E-state index in [1.807, 2.05) is 0 Å². The van der Waals surface area contributed by atoms with E-state index < -0.39 is 0 Å². The van der Waals surface area contributed by atoms with Crippen molar-refractivity contribution in [1.82, 2.24) is 0 Å². The van der Waals surface area contributed by atoms with Crippen LogP contribution in [0.3, 0.4) is 0 Å². The number of hydrogen-bond acceptors (Lipinski definition) is 2. The normalized spacial score (nSPS) is 19.6. The molecule has 2 heteroatoms. The summed E-state index contributed by atoms with van der Waals surface area (Å²) in [5.41, 5.74) is 0.112. The van der Waals surface area contributed by atoms with Crippen LogP contribution >= 0.6 is 0 Å². The van der Waals surface area contributed by atoms with Gasteiger partial charge in [-0.05, 0) is 25.2 Å². The predicted octanol–water partition coefficient (Wildman–Crippen LogP) is 1.66. The molecule has 2 nitrogen and oxygen atoms in total. The van der Waals surface area contributed by atoms with E-state index in [9.17, 15) is 4.79 Å². The molecule has 1 rings (SSSR count). The summed E-state index contributed by atoms with van der Waals surface area (Å²) in [5, 5.41) is 8.39. The molecule has 0 N–H and O–H groups in total. The molecule has 0 aromatic carbocycles. The molecule has 1 aliphatic carbocycles. The van der Waals surface area contributed by atoms with Gasteiger partial charge in [0.1, 0.15) is 5.78 Å². The molecule has 0 aromatic heterocycles. The SMILES string of the molecule is CC(=O)CC1(CC#N)CC1. The first-order valence-electron chi connectivity index (χ1n) is 3.55. The Bertz CT molecular complexity index is 186. The van der Waals surface area contributed by atoms with Gasteiger partial charge in [0.2, 0.25) is 0 Å². The molecule has 0 saturated heterocycles. The number of hydrogen-bond donors (Lipinski definition) is 0. The minimum atomic E-state index is 0.112. The standard InChI is InChI=1S/C8H11NO/c1-7(10)6-8(2-3-8)4-5-9/h2-4,6H2,1H3. The summed E-state index contributed by atoms with van der Waals surface area (Å²) in [7, 11) is 0. The molecule has 1 aliphatic rings. The van der Waals surface area contributed by atoms with Crippen LogP contribution in [0.25, 0.3) is 0 Å². The van der Waals surface area contributed by atoms with Gasteiger partial charge in [0.05, 0.1) is 6.07 Å². The van der Waals surface area contributed by atoms with E-state index in [1.54, 1.807) is 6.92 Å². The van der Waals surface area contributed by atoms with Crippen LogP contribution in [-0.4, -0.2) is 5.78 Å². The lowest BCUT2D eigenvalue weighted by molar-refractivity contribution is -0.118. The van der Waals surface area contributed by atoms with Crippen LogP contribution in [0.2, 0.25) is 0 Å². The van der Waals surface area contributed by atoms with Crippen molar-refractivity contribution in [3.63, 3.8) is 0 Å². The van der Waals surface area contributed by atoms with Crippen molar-refractivity contribution in [2.75, 3.05) is 0 Å². The summed E-state index contributed by atoms with van der Waals surface area (Å²) in [6.45, 7) is 1.59. The van der Waals surface area contributed by atoms with Crippen molar-refractivity contribution < 1.29 is 4.79 Å². The van der Waals surface area contributed by atoms with Gasteiger partial charge in [-0.1, -0.05) is 0 Å². The molecule has 54 valence electrons. The van der Waals surface area contributed by atoms with Gasteiger partial charge in [0.25, 0.3) is 0 Å². The number of nitrogens with zero attached hydrogens (tertiary/aromatic N) is 1. The molecule has 0 aliphatic heterocycles. The fraction of sp³-hybridized carbons (Fsp3) is 0.750. The second-order valence-electron chi connectivity index (χ2n) is 3.21. The maximum atomic E-state index is 10.7. The minimum Gasteiger partial charge on any atom is -0.300 e. The lowest BCUT2D eigenvalue weighted by atomic mass is 9.97. The van der Waals surface area contributed by atoms with Crippen LogP contribution < -0.4 is 0 Å². The summed E-state index contributed by atoms with van der Waals surface area (Å²) in [6.07, 6.45) is 3.31. The molecule has 1 saturated carbocycles. The van der Waals surface area contributed by atoms with Crippen molar-refractivity contribution in [1.29, 1.82) is 5.26 Å². The number of carbonyl (C=O) groups is 1. The molecule has 0 bridgehead atoms. The summed E-state index contributed by atoms with van der Waals surface area (Å²) >= 11 is 0. The molecule has 0 atom stereocenters. The first-order chi connectivity index (χ1) is 4.68. The van der Waals surface area contributed by atoms with E-state index in [4.69, 9.17) is 5.26 Å². The molecule has 0 amide bonds. The summed E-state index contributed by atoms with van der Waals surface area (Å²) in [4.78, 5) is 10.7. The Hall–Kier alpha value is -0.840. The van der Waals surface area contributed by atoms with Gasteiger partial charge < -0.3 is 4.79 Å². The van der Waals surface area contributed by atoms with Crippen molar-refractivity contribution in [3.8, 4) is 6.07 Å². The van der Waals surface area contributed by atoms with Crippen LogP contribution in [0.15, 0.2) is 0 Å². The van der Waals surface area contributed by atoms with Crippen LogP contribution in [0, 0.1) is 16.7 Å². The zero-order valence-electron chi connectivity index (χ0n) is 6.18. The van der Waals surface area contributed by atoms with Crippen LogP contribution in [0.5, 0.6) is 0 Å². The molecular weight excluding hydrogens is 126 g/mol. The minimum absolute atomic E-state index is 0.112. The van der Waals surface area contributed by atoms with Crippen molar-refractivity contribution in [3.05, 3.63) is 0 Å². The Balaban J connectivity index is 2.39. The number of carbonyl (C=O) groups excluding carboxylic acids is 1. The summed E-state index contributed by atoms with van der Waals surface area (Å²) < 4.78 is 0. The van der Waals surface area contributed by atoms with E-state index in [1.165, 1.54) is 0 Å². The number of nitriles is 1. The molecule has 0 spiro atoms. The first kappa shape index (κ1) is 7.27. The van der Waals surface area contributed by atoms with Crippen LogP contribution in [0.4, 0.5) is 0 Å². The van der Waals surface area contributed by atoms with Crippen molar-refractivity contribution >= 4 is 5.78 Å². The second kappa shape index (κ2) is 2.42. The molecule has 0 radical (unpaired) electrons. The van der Waals surface area contributed by atoms with E-state index >= 15 is 0 Å². The topological polar surface area (TPSA) is 40.9 Å². The third kappa shape index (κ3) is 1.57. The maximum Gasteiger partial charge on any atom is 0.130 e. The third-order valence-corrected chi connectivity index (χ3v) is 2.04. The number of Topliss-reactive ketones (excluding diaryl/α,β-unsaturated/α-hetero) is 1. The molecule has 0 unspecified atom stereocenters. The van der Waals surface area contributed by atoms with Gasteiger partial charge in [0.15, 0.2) is 0 Å². The van der Waals surface area contributed by atoms with E-state index in [0.29, 0.717) is 12.8 Å².